The number of aryl methyl sites for hydroxylation is 2. The van der Waals surface area contributed by atoms with Crippen molar-refractivity contribution >= 4 is 28.8 Å². The van der Waals surface area contributed by atoms with Gasteiger partial charge in [-0.1, -0.05) is 12.8 Å². The highest BCUT2D eigenvalue weighted by atomic mass is 35.5. The molecule has 0 aliphatic heterocycles. The van der Waals surface area contributed by atoms with Crippen LogP contribution in [-0.2, 0) is 12.8 Å². The van der Waals surface area contributed by atoms with Crippen LogP contribution in [0.5, 0.6) is 0 Å². The van der Waals surface area contributed by atoms with Crippen LogP contribution in [0.4, 0.5) is 0 Å². The maximum atomic E-state index is 12.4. The minimum atomic E-state index is -0.150. The molecule has 1 amide bonds. The predicted molar refractivity (Wildman–Crippen MR) is 80.3 cm³/mol. The fourth-order valence-electron chi connectivity index (χ4n) is 3.25. The number of carbonyl (C=O) groups excluding carboxylic acids is 1. The minimum absolute atomic E-state index is 0.0851. The van der Waals surface area contributed by atoms with Crippen LogP contribution in [0.2, 0.25) is 0 Å². The van der Waals surface area contributed by atoms with Crippen LogP contribution >= 0.6 is 22.9 Å². The Morgan fingerprint density at radius 2 is 2.00 bits per heavy atom. The summed E-state index contributed by atoms with van der Waals surface area (Å²) in [5.74, 6) is 0.617. The smallest absolute Gasteiger partial charge is 0.261 e. The molecule has 104 valence electrons. The Hall–Kier alpha value is -0.540. The lowest BCUT2D eigenvalue weighted by Crippen LogP contribution is -2.47. The summed E-state index contributed by atoms with van der Waals surface area (Å²) in [5, 5.41) is 3.21. The summed E-state index contributed by atoms with van der Waals surface area (Å²) in [4.78, 5) is 14.7. The molecule has 1 N–H and O–H groups in total. The second-order valence-corrected chi connectivity index (χ2v) is 7.25. The van der Waals surface area contributed by atoms with E-state index in [0.717, 1.165) is 30.6 Å². The molecule has 2 aliphatic carbocycles. The Labute approximate surface area is 123 Å². The van der Waals surface area contributed by atoms with Gasteiger partial charge < -0.3 is 5.32 Å². The van der Waals surface area contributed by atoms with Crippen LogP contribution in [0.3, 0.4) is 0 Å². The van der Waals surface area contributed by atoms with Gasteiger partial charge in [0.15, 0.2) is 0 Å². The molecule has 0 saturated heterocycles. The molecular weight excluding hydrogens is 278 g/mol. The highest BCUT2D eigenvalue weighted by molar-refractivity contribution is 7.14. The highest BCUT2D eigenvalue weighted by Gasteiger charge is 2.35. The summed E-state index contributed by atoms with van der Waals surface area (Å²) in [6, 6.07) is 2.10. The Bertz CT molecular complexity index is 453. The van der Waals surface area contributed by atoms with E-state index < -0.39 is 0 Å². The van der Waals surface area contributed by atoms with E-state index in [4.69, 9.17) is 11.6 Å². The van der Waals surface area contributed by atoms with E-state index in [-0.39, 0.29) is 11.4 Å². The number of nitrogens with one attached hydrogen (secondary N) is 1. The van der Waals surface area contributed by atoms with Crippen LogP contribution in [0.15, 0.2) is 6.07 Å². The Balaban J connectivity index is 1.74. The Morgan fingerprint density at radius 3 is 2.68 bits per heavy atom. The first kappa shape index (κ1) is 13.4. The number of hydrogen-bond donors (Lipinski definition) is 1. The number of rotatable bonds is 3. The van der Waals surface area contributed by atoms with Crippen molar-refractivity contribution in [1.82, 2.24) is 5.32 Å². The van der Waals surface area contributed by atoms with Crippen molar-refractivity contribution in [3.63, 3.8) is 0 Å². The molecular formula is C15H20ClNOS. The average molecular weight is 298 g/mol. The quantitative estimate of drug-likeness (QED) is 0.842. The molecule has 1 heterocycles. The summed E-state index contributed by atoms with van der Waals surface area (Å²) in [6.45, 7) is 0. The standard InChI is InChI=1S/C15H20ClNOS/c16-10-15(7-3-4-8-15)17-14(18)13-9-11-5-1-2-6-12(11)19-13/h9H,1-8,10H2,(H,17,18). The van der Waals surface area contributed by atoms with Gasteiger partial charge >= 0.3 is 0 Å². The first-order valence-electron chi connectivity index (χ1n) is 7.22. The van der Waals surface area contributed by atoms with E-state index in [1.807, 2.05) is 0 Å². The number of halogens is 1. The molecule has 0 unspecified atom stereocenters. The zero-order valence-corrected chi connectivity index (χ0v) is 12.7. The normalized spacial score (nSPS) is 21.1. The van der Waals surface area contributed by atoms with Crippen molar-refractivity contribution < 1.29 is 4.79 Å². The topological polar surface area (TPSA) is 29.1 Å². The number of hydrogen-bond acceptors (Lipinski definition) is 2. The van der Waals surface area contributed by atoms with E-state index >= 15 is 0 Å². The van der Waals surface area contributed by atoms with Gasteiger partial charge in [0.1, 0.15) is 0 Å². The average Bonchev–Trinajstić information content (AvgIpc) is 3.05. The van der Waals surface area contributed by atoms with Gasteiger partial charge in [0.05, 0.1) is 10.4 Å². The van der Waals surface area contributed by atoms with Crippen molar-refractivity contribution in [2.75, 3.05) is 5.88 Å². The van der Waals surface area contributed by atoms with Crippen molar-refractivity contribution in [2.24, 2.45) is 0 Å². The van der Waals surface area contributed by atoms with Gasteiger partial charge in [-0.25, -0.2) is 0 Å². The molecule has 0 bridgehead atoms. The number of fused-ring (bicyclic) bond motifs is 1. The fourth-order valence-corrected chi connectivity index (χ4v) is 4.73. The van der Waals surface area contributed by atoms with Crippen LogP contribution in [0.25, 0.3) is 0 Å². The molecule has 4 heteroatoms. The van der Waals surface area contributed by atoms with Gasteiger partial charge in [0.25, 0.3) is 5.91 Å². The number of alkyl halides is 1. The van der Waals surface area contributed by atoms with E-state index in [1.165, 1.54) is 36.1 Å². The van der Waals surface area contributed by atoms with Crippen molar-refractivity contribution in [3.05, 3.63) is 21.4 Å². The predicted octanol–water partition coefficient (Wildman–Crippen LogP) is 3.91. The minimum Gasteiger partial charge on any atom is -0.345 e. The first-order chi connectivity index (χ1) is 9.22. The van der Waals surface area contributed by atoms with E-state index in [1.54, 1.807) is 11.3 Å². The van der Waals surface area contributed by atoms with Crippen LogP contribution in [0, 0.1) is 0 Å². The molecule has 2 aliphatic rings. The lowest BCUT2D eigenvalue weighted by molar-refractivity contribution is 0.0913. The largest absolute Gasteiger partial charge is 0.345 e. The monoisotopic (exact) mass is 297 g/mol. The van der Waals surface area contributed by atoms with E-state index in [9.17, 15) is 4.79 Å². The van der Waals surface area contributed by atoms with Crippen LogP contribution in [0.1, 0.15) is 58.6 Å². The zero-order chi connectivity index (χ0) is 13.3. The highest BCUT2D eigenvalue weighted by Crippen LogP contribution is 2.33. The number of amides is 1. The van der Waals surface area contributed by atoms with Gasteiger partial charge in [-0.05, 0) is 50.2 Å². The summed E-state index contributed by atoms with van der Waals surface area (Å²) in [5.41, 5.74) is 1.25. The first-order valence-corrected chi connectivity index (χ1v) is 8.58. The van der Waals surface area contributed by atoms with Gasteiger partial charge in [-0.15, -0.1) is 22.9 Å². The maximum Gasteiger partial charge on any atom is 0.261 e. The molecule has 19 heavy (non-hydrogen) atoms. The summed E-state index contributed by atoms with van der Waals surface area (Å²) in [6.07, 6.45) is 9.20. The van der Waals surface area contributed by atoms with Crippen molar-refractivity contribution in [3.8, 4) is 0 Å². The van der Waals surface area contributed by atoms with Gasteiger partial charge in [0.2, 0.25) is 0 Å². The third-order valence-corrected chi connectivity index (χ3v) is 6.16. The number of carbonyl (C=O) groups is 1. The molecule has 1 aromatic rings. The van der Waals surface area contributed by atoms with Gasteiger partial charge in [-0.3, -0.25) is 4.79 Å². The summed E-state index contributed by atoms with van der Waals surface area (Å²) in [7, 11) is 0. The van der Waals surface area contributed by atoms with Crippen LogP contribution in [-0.4, -0.2) is 17.3 Å². The van der Waals surface area contributed by atoms with E-state index in [2.05, 4.69) is 11.4 Å². The third-order valence-electron chi connectivity index (χ3n) is 4.42. The third kappa shape index (κ3) is 2.68. The second kappa shape index (κ2) is 5.45. The van der Waals surface area contributed by atoms with Gasteiger partial charge in [-0.2, -0.15) is 0 Å². The molecule has 1 aromatic heterocycles. The number of thiophene rings is 1. The van der Waals surface area contributed by atoms with Crippen LogP contribution < -0.4 is 5.32 Å². The molecule has 0 spiro atoms. The lowest BCUT2D eigenvalue weighted by Gasteiger charge is -2.27. The molecule has 0 radical (unpaired) electrons. The van der Waals surface area contributed by atoms with Crippen molar-refractivity contribution in [2.45, 2.75) is 56.9 Å². The lowest BCUT2D eigenvalue weighted by atomic mass is 9.98. The summed E-state index contributed by atoms with van der Waals surface area (Å²) < 4.78 is 0. The van der Waals surface area contributed by atoms with Crippen molar-refractivity contribution in [1.29, 1.82) is 0 Å². The molecule has 2 nitrogen and oxygen atoms in total. The molecule has 3 rings (SSSR count). The molecule has 1 fully saturated rings. The zero-order valence-electron chi connectivity index (χ0n) is 11.1. The molecule has 0 aromatic carbocycles. The molecule has 1 saturated carbocycles. The SMILES string of the molecule is O=C(NC1(CCl)CCCC1)c1cc2c(s1)CCCC2. The fraction of sp³-hybridized carbons (Fsp3) is 0.667. The second-order valence-electron chi connectivity index (χ2n) is 5.84. The maximum absolute atomic E-state index is 12.4. The Kier molecular flexibility index (Phi) is 3.86. The summed E-state index contributed by atoms with van der Waals surface area (Å²) >= 11 is 7.77. The molecule has 0 atom stereocenters. The van der Waals surface area contributed by atoms with Gasteiger partial charge in [0, 0.05) is 10.8 Å². The van der Waals surface area contributed by atoms with E-state index in [0.29, 0.717) is 5.88 Å². The Morgan fingerprint density at radius 1 is 1.26 bits per heavy atom.